The van der Waals surface area contributed by atoms with E-state index in [1.807, 2.05) is 5.43 Å². The van der Waals surface area contributed by atoms with E-state index in [4.69, 9.17) is 10.9 Å². The molecule has 5 nitrogen and oxygen atoms in total. The van der Waals surface area contributed by atoms with Crippen molar-refractivity contribution in [3.8, 4) is 0 Å². The topological polar surface area (TPSA) is 84.6 Å². The molecule has 5 heteroatoms. The van der Waals surface area contributed by atoms with Crippen molar-refractivity contribution in [2.45, 2.75) is 18.9 Å². The van der Waals surface area contributed by atoms with Crippen LogP contribution in [0.1, 0.15) is 12.8 Å². The smallest absolute Gasteiger partial charge is 0.233 e. The second-order valence-electron chi connectivity index (χ2n) is 2.22. The molecule has 0 aliphatic rings. The summed E-state index contributed by atoms with van der Waals surface area (Å²) in [6.07, 6.45) is 0.00931. The Morgan fingerprint density at radius 3 is 2.91 bits per heavy atom. The summed E-state index contributed by atoms with van der Waals surface area (Å²) >= 11 is 0. The first-order valence-electron chi connectivity index (χ1n) is 3.37. The second-order valence-corrected chi connectivity index (χ2v) is 2.22. The zero-order valence-corrected chi connectivity index (χ0v) is 6.54. The molecule has 66 valence electrons. The third kappa shape index (κ3) is 5.78. The van der Waals surface area contributed by atoms with Gasteiger partial charge in [-0.25, -0.2) is 5.84 Å². The number of carbonyl (C=O) groups excluding carboxylic acids is 1. The first kappa shape index (κ1) is 10.3. The standard InChI is InChI=1S/C6H14N2O3/c1-11-4-5(9)2-3-6(10)8-7/h5,9H,2-4,7H2,1H3,(H,8,10)/t5-/m0/s1. The highest BCUT2D eigenvalue weighted by Gasteiger charge is 2.05. The lowest BCUT2D eigenvalue weighted by Gasteiger charge is -2.07. The lowest BCUT2D eigenvalue weighted by molar-refractivity contribution is -0.121. The van der Waals surface area contributed by atoms with Gasteiger partial charge in [0.2, 0.25) is 5.91 Å². The molecule has 0 saturated carbocycles. The van der Waals surface area contributed by atoms with Gasteiger partial charge in [-0.1, -0.05) is 0 Å². The molecule has 0 spiro atoms. The molecule has 0 radical (unpaired) electrons. The van der Waals surface area contributed by atoms with E-state index in [1.165, 1.54) is 7.11 Å². The number of methoxy groups -OCH3 is 1. The van der Waals surface area contributed by atoms with Gasteiger partial charge in [-0.15, -0.1) is 0 Å². The van der Waals surface area contributed by atoms with Crippen LogP contribution in [0.2, 0.25) is 0 Å². The van der Waals surface area contributed by atoms with Gasteiger partial charge in [0.25, 0.3) is 0 Å². The van der Waals surface area contributed by atoms with Crippen molar-refractivity contribution in [3.63, 3.8) is 0 Å². The minimum Gasteiger partial charge on any atom is -0.391 e. The molecule has 1 amide bonds. The fourth-order valence-corrected chi connectivity index (χ4v) is 0.646. The summed E-state index contributed by atoms with van der Waals surface area (Å²) in [6.45, 7) is 0.248. The van der Waals surface area contributed by atoms with Gasteiger partial charge in [-0.2, -0.15) is 0 Å². The van der Waals surface area contributed by atoms with Crippen LogP contribution in [0.15, 0.2) is 0 Å². The van der Waals surface area contributed by atoms with E-state index < -0.39 is 6.10 Å². The minimum absolute atomic E-state index is 0.223. The number of nitrogens with one attached hydrogen (secondary N) is 1. The van der Waals surface area contributed by atoms with E-state index in [0.717, 1.165) is 0 Å². The number of rotatable bonds is 5. The Hall–Kier alpha value is -0.650. The van der Waals surface area contributed by atoms with Crippen molar-refractivity contribution in [2.24, 2.45) is 5.84 Å². The molecular formula is C6H14N2O3. The normalized spacial score (nSPS) is 12.6. The molecular weight excluding hydrogens is 148 g/mol. The third-order valence-corrected chi connectivity index (χ3v) is 1.22. The Bertz CT molecular complexity index is 118. The van der Waals surface area contributed by atoms with E-state index in [0.29, 0.717) is 6.42 Å². The molecule has 0 aliphatic carbocycles. The molecule has 0 aliphatic heterocycles. The average molecular weight is 162 g/mol. The summed E-state index contributed by atoms with van der Waals surface area (Å²) in [5, 5.41) is 9.05. The van der Waals surface area contributed by atoms with Crippen LogP contribution in [0.5, 0.6) is 0 Å². The van der Waals surface area contributed by atoms with Gasteiger partial charge in [-0.05, 0) is 6.42 Å². The summed E-state index contributed by atoms with van der Waals surface area (Å²) in [5.41, 5.74) is 1.97. The highest BCUT2D eigenvalue weighted by Crippen LogP contribution is 1.96. The lowest BCUT2D eigenvalue weighted by atomic mass is 10.2. The van der Waals surface area contributed by atoms with Gasteiger partial charge in [0, 0.05) is 13.5 Å². The minimum atomic E-state index is -0.586. The SMILES string of the molecule is COC[C@@H](O)CCC(=O)NN. The van der Waals surface area contributed by atoms with Crippen LogP contribution in [0.3, 0.4) is 0 Å². The molecule has 0 aromatic carbocycles. The van der Waals surface area contributed by atoms with Crippen molar-refractivity contribution in [2.75, 3.05) is 13.7 Å². The van der Waals surface area contributed by atoms with E-state index in [1.54, 1.807) is 0 Å². The van der Waals surface area contributed by atoms with Crippen molar-refractivity contribution in [1.29, 1.82) is 0 Å². The first-order valence-corrected chi connectivity index (χ1v) is 3.37. The fourth-order valence-electron chi connectivity index (χ4n) is 0.646. The number of nitrogens with two attached hydrogens (primary N) is 1. The van der Waals surface area contributed by atoms with Crippen LogP contribution in [0, 0.1) is 0 Å². The summed E-state index contributed by atoms with van der Waals surface area (Å²) < 4.78 is 4.66. The largest absolute Gasteiger partial charge is 0.391 e. The van der Waals surface area contributed by atoms with Gasteiger partial charge in [0.05, 0.1) is 12.7 Å². The summed E-state index contributed by atoms with van der Waals surface area (Å²) in [5.74, 6) is 4.54. The number of aliphatic hydroxyl groups is 1. The fraction of sp³-hybridized carbons (Fsp3) is 0.833. The van der Waals surface area contributed by atoms with Gasteiger partial charge in [0.1, 0.15) is 0 Å². The zero-order valence-electron chi connectivity index (χ0n) is 6.54. The summed E-state index contributed by atoms with van der Waals surface area (Å²) in [7, 11) is 1.49. The lowest BCUT2D eigenvalue weighted by Crippen LogP contribution is -2.31. The maximum atomic E-state index is 10.5. The molecule has 0 rings (SSSR count). The van der Waals surface area contributed by atoms with E-state index >= 15 is 0 Å². The molecule has 0 aromatic rings. The maximum Gasteiger partial charge on any atom is 0.233 e. The Kier molecular flexibility index (Phi) is 5.73. The molecule has 0 aromatic heterocycles. The van der Waals surface area contributed by atoms with E-state index in [2.05, 4.69) is 4.74 Å². The molecule has 1 atom stereocenters. The first-order chi connectivity index (χ1) is 5.20. The summed E-state index contributed by atoms with van der Waals surface area (Å²) in [6, 6.07) is 0. The van der Waals surface area contributed by atoms with Gasteiger partial charge < -0.3 is 9.84 Å². The predicted octanol–water partition coefficient (Wildman–Crippen LogP) is -1.24. The van der Waals surface area contributed by atoms with Crippen LogP contribution >= 0.6 is 0 Å². The van der Waals surface area contributed by atoms with Crippen LogP contribution in [-0.4, -0.2) is 30.8 Å². The van der Waals surface area contributed by atoms with E-state index in [9.17, 15) is 4.79 Å². The molecule has 11 heavy (non-hydrogen) atoms. The third-order valence-electron chi connectivity index (χ3n) is 1.22. The van der Waals surface area contributed by atoms with Gasteiger partial charge in [0.15, 0.2) is 0 Å². The maximum absolute atomic E-state index is 10.5. The summed E-state index contributed by atoms with van der Waals surface area (Å²) in [4.78, 5) is 10.5. The number of hydrogen-bond acceptors (Lipinski definition) is 4. The Morgan fingerprint density at radius 2 is 2.45 bits per heavy atom. The van der Waals surface area contributed by atoms with Crippen molar-refractivity contribution >= 4 is 5.91 Å². The van der Waals surface area contributed by atoms with E-state index in [-0.39, 0.29) is 18.9 Å². The van der Waals surface area contributed by atoms with Gasteiger partial charge in [-0.3, -0.25) is 10.2 Å². The van der Waals surface area contributed by atoms with Gasteiger partial charge >= 0.3 is 0 Å². The highest BCUT2D eigenvalue weighted by atomic mass is 16.5. The molecule has 0 bridgehead atoms. The van der Waals surface area contributed by atoms with Crippen LogP contribution in [0.25, 0.3) is 0 Å². The number of ether oxygens (including phenoxy) is 1. The molecule has 0 heterocycles. The number of aliphatic hydroxyl groups excluding tert-OH is 1. The number of hydrogen-bond donors (Lipinski definition) is 3. The zero-order chi connectivity index (χ0) is 8.69. The van der Waals surface area contributed by atoms with Crippen LogP contribution in [0.4, 0.5) is 0 Å². The molecule has 0 saturated heterocycles. The Balaban J connectivity index is 3.29. The van der Waals surface area contributed by atoms with Crippen molar-refractivity contribution in [1.82, 2.24) is 5.43 Å². The van der Waals surface area contributed by atoms with Crippen LogP contribution < -0.4 is 11.3 Å². The number of hydrazine groups is 1. The monoisotopic (exact) mass is 162 g/mol. The Labute approximate surface area is 65.5 Å². The second kappa shape index (κ2) is 6.09. The van der Waals surface area contributed by atoms with Crippen molar-refractivity contribution < 1.29 is 14.6 Å². The molecule has 0 unspecified atom stereocenters. The average Bonchev–Trinajstić information content (AvgIpc) is 2.01. The van der Waals surface area contributed by atoms with Crippen LogP contribution in [-0.2, 0) is 9.53 Å². The molecule has 0 fully saturated rings. The number of amides is 1. The quantitative estimate of drug-likeness (QED) is 0.268. The number of carbonyl (C=O) groups is 1. The van der Waals surface area contributed by atoms with Crippen molar-refractivity contribution in [3.05, 3.63) is 0 Å². The predicted molar refractivity (Wildman–Crippen MR) is 39.4 cm³/mol. The Morgan fingerprint density at radius 1 is 1.82 bits per heavy atom. The highest BCUT2D eigenvalue weighted by molar-refractivity contribution is 5.75. The molecule has 4 N–H and O–H groups in total.